The van der Waals surface area contributed by atoms with Crippen molar-refractivity contribution in [1.82, 2.24) is 9.78 Å². The van der Waals surface area contributed by atoms with Gasteiger partial charge in [-0.3, -0.25) is 4.79 Å². The lowest BCUT2D eigenvalue weighted by atomic mass is 9.86. The van der Waals surface area contributed by atoms with Crippen LogP contribution in [0.4, 0.5) is 5.82 Å². The van der Waals surface area contributed by atoms with Crippen LogP contribution >= 0.6 is 0 Å². The Morgan fingerprint density at radius 2 is 2.04 bits per heavy atom. The molecule has 1 aromatic heterocycles. The van der Waals surface area contributed by atoms with E-state index in [2.05, 4.69) is 10.4 Å². The minimum absolute atomic E-state index is 0.0187. The maximum absolute atomic E-state index is 12.2. The molecule has 1 amide bonds. The first-order valence-electron chi connectivity index (χ1n) is 7.65. The number of hydrogen-bond acceptors (Lipinski definition) is 4. The predicted octanol–water partition coefficient (Wildman–Crippen LogP) is 2.96. The van der Waals surface area contributed by atoms with E-state index in [9.17, 15) is 4.79 Å². The summed E-state index contributed by atoms with van der Waals surface area (Å²) in [4.78, 5) is 12.2. The largest absolute Gasteiger partial charge is 0.493 e. The highest BCUT2D eigenvalue weighted by molar-refractivity contribution is 5.94. The van der Waals surface area contributed by atoms with E-state index in [0.29, 0.717) is 17.9 Å². The smallest absolute Gasteiger partial charge is 0.226 e. The van der Waals surface area contributed by atoms with E-state index in [-0.39, 0.29) is 17.9 Å². The summed E-state index contributed by atoms with van der Waals surface area (Å²) in [7, 11) is 3.22. The second-order valence-corrected chi connectivity index (χ2v) is 5.87. The van der Waals surface area contributed by atoms with E-state index in [4.69, 9.17) is 9.47 Å². The molecule has 0 saturated heterocycles. The van der Waals surface area contributed by atoms with Crippen LogP contribution in [0.2, 0.25) is 0 Å². The van der Waals surface area contributed by atoms with E-state index >= 15 is 0 Å². The van der Waals surface area contributed by atoms with Crippen molar-refractivity contribution < 1.29 is 14.3 Å². The van der Waals surface area contributed by atoms with E-state index in [0.717, 1.165) is 16.9 Å². The van der Waals surface area contributed by atoms with Gasteiger partial charge in [0, 0.05) is 29.5 Å². The Morgan fingerprint density at radius 3 is 2.70 bits per heavy atom. The van der Waals surface area contributed by atoms with Crippen LogP contribution in [0.5, 0.6) is 11.5 Å². The summed E-state index contributed by atoms with van der Waals surface area (Å²) in [5.74, 6) is 1.98. The van der Waals surface area contributed by atoms with Gasteiger partial charge in [0.2, 0.25) is 5.91 Å². The first-order valence-corrected chi connectivity index (χ1v) is 7.65. The van der Waals surface area contributed by atoms with Gasteiger partial charge in [-0.15, -0.1) is 0 Å². The van der Waals surface area contributed by atoms with Crippen LogP contribution in [0, 0.1) is 0 Å². The summed E-state index contributed by atoms with van der Waals surface area (Å²) >= 11 is 0. The Balaban J connectivity index is 2.14. The molecule has 0 bridgehead atoms. The van der Waals surface area contributed by atoms with Crippen LogP contribution in [0.1, 0.15) is 43.4 Å². The molecule has 1 N–H and O–H groups in total. The average Bonchev–Trinajstić information content (AvgIpc) is 2.97. The number of anilines is 1. The SMILES string of the molecule is COc1cccc([C@H]2CC(=O)Nc3c2cnn3C(C)C)c1OC. The monoisotopic (exact) mass is 315 g/mol. The van der Waals surface area contributed by atoms with E-state index in [1.54, 1.807) is 14.2 Å². The Morgan fingerprint density at radius 1 is 1.26 bits per heavy atom. The van der Waals surface area contributed by atoms with Crippen LogP contribution < -0.4 is 14.8 Å². The average molecular weight is 315 g/mol. The maximum Gasteiger partial charge on any atom is 0.226 e. The number of aromatic nitrogens is 2. The van der Waals surface area contributed by atoms with Crippen molar-refractivity contribution >= 4 is 11.7 Å². The topological polar surface area (TPSA) is 65.4 Å². The molecule has 6 nitrogen and oxygen atoms in total. The minimum Gasteiger partial charge on any atom is -0.493 e. The lowest BCUT2D eigenvalue weighted by Crippen LogP contribution is -2.25. The van der Waals surface area contributed by atoms with Gasteiger partial charge in [0.1, 0.15) is 5.82 Å². The van der Waals surface area contributed by atoms with E-state index in [1.165, 1.54) is 0 Å². The van der Waals surface area contributed by atoms with E-state index < -0.39 is 0 Å². The molecule has 0 spiro atoms. The summed E-state index contributed by atoms with van der Waals surface area (Å²) in [6.45, 7) is 4.07. The molecule has 0 radical (unpaired) electrons. The Kier molecular flexibility index (Phi) is 3.98. The van der Waals surface area contributed by atoms with Crippen LogP contribution in [0.3, 0.4) is 0 Å². The van der Waals surface area contributed by atoms with Crippen molar-refractivity contribution in [2.24, 2.45) is 0 Å². The lowest BCUT2D eigenvalue weighted by Gasteiger charge is -2.26. The first-order chi connectivity index (χ1) is 11.1. The van der Waals surface area contributed by atoms with Crippen LogP contribution in [0.15, 0.2) is 24.4 Å². The van der Waals surface area contributed by atoms with Gasteiger partial charge in [-0.25, -0.2) is 4.68 Å². The maximum atomic E-state index is 12.2. The second-order valence-electron chi connectivity index (χ2n) is 5.87. The third-order valence-electron chi connectivity index (χ3n) is 4.14. The van der Waals surface area contributed by atoms with Gasteiger partial charge >= 0.3 is 0 Å². The highest BCUT2D eigenvalue weighted by atomic mass is 16.5. The highest BCUT2D eigenvalue weighted by Gasteiger charge is 2.32. The zero-order valence-electron chi connectivity index (χ0n) is 13.8. The van der Waals surface area contributed by atoms with Crippen molar-refractivity contribution in [3.8, 4) is 11.5 Å². The van der Waals surface area contributed by atoms with Crippen LogP contribution in [-0.2, 0) is 4.79 Å². The first kappa shape index (κ1) is 15.4. The molecule has 2 heterocycles. The molecule has 6 heteroatoms. The van der Waals surface area contributed by atoms with E-state index in [1.807, 2.05) is 42.9 Å². The normalized spacial score (nSPS) is 16.9. The number of rotatable bonds is 4. The number of hydrogen-bond donors (Lipinski definition) is 1. The molecule has 3 rings (SSSR count). The number of nitrogens with one attached hydrogen (secondary N) is 1. The third-order valence-corrected chi connectivity index (χ3v) is 4.14. The van der Waals surface area contributed by atoms with Crippen molar-refractivity contribution in [3.05, 3.63) is 35.5 Å². The molecule has 0 fully saturated rings. The minimum atomic E-state index is -0.101. The summed E-state index contributed by atoms with van der Waals surface area (Å²) in [6, 6.07) is 5.91. The van der Waals surface area contributed by atoms with Crippen molar-refractivity contribution in [1.29, 1.82) is 0 Å². The number of carbonyl (C=O) groups is 1. The molecule has 2 aromatic rings. The van der Waals surface area contributed by atoms with Gasteiger partial charge in [-0.2, -0.15) is 5.10 Å². The molecule has 0 saturated carbocycles. The molecule has 0 aliphatic carbocycles. The summed E-state index contributed by atoms with van der Waals surface area (Å²) in [5, 5.41) is 7.38. The fourth-order valence-corrected chi connectivity index (χ4v) is 3.09. The predicted molar refractivity (Wildman–Crippen MR) is 87.2 cm³/mol. The summed E-state index contributed by atoms with van der Waals surface area (Å²) in [6.07, 6.45) is 2.19. The number of nitrogens with zero attached hydrogens (tertiary/aromatic N) is 2. The summed E-state index contributed by atoms with van der Waals surface area (Å²) in [5.41, 5.74) is 1.94. The van der Waals surface area contributed by atoms with Gasteiger partial charge in [0.25, 0.3) is 0 Å². The zero-order valence-corrected chi connectivity index (χ0v) is 13.8. The molecule has 122 valence electrons. The molecule has 1 aromatic carbocycles. The molecule has 23 heavy (non-hydrogen) atoms. The van der Waals surface area contributed by atoms with Crippen LogP contribution in [0.25, 0.3) is 0 Å². The number of benzene rings is 1. The van der Waals surface area contributed by atoms with Crippen molar-refractivity contribution in [3.63, 3.8) is 0 Å². The Hall–Kier alpha value is -2.50. The number of fused-ring (bicyclic) bond motifs is 1. The van der Waals surface area contributed by atoms with Gasteiger partial charge in [-0.05, 0) is 19.9 Å². The number of carbonyl (C=O) groups excluding carboxylic acids is 1. The van der Waals surface area contributed by atoms with Crippen molar-refractivity contribution in [2.45, 2.75) is 32.2 Å². The summed E-state index contributed by atoms with van der Waals surface area (Å²) < 4.78 is 12.8. The number of para-hydroxylation sites is 1. The molecule has 0 unspecified atom stereocenters. The Labute approximate surface area is 135 Å². The highest BCUT2D eigenvalue weighted by Crippen LogP contribution is 2.44. The fourth-order valence-electron chi connectivity index (χ4n) is 3.09. The number of ether oxygens (including phenoxy) is 2. The van der Waals surface area contributed by atoms with Gasteiger partial charge in [-0.1, -0.05) is 12.1 Å². The van der Waals surface area contributed by atoms with Gasteiger partial charge in [0.15, 0.2) is 11.5 Å². The molecule has 1 atom stereocenters. The zero-order chi connectivity index (χ0) is 16.6. The number of methoxy groups -OCH3 is 2. The lowest BCUT2D eigenvalue weighted by molar-refractivity contribution is -0.116. The van der Waals surface area contributed by atoms with Crippen LogP contribution in [-0.4, -0.2) is 29.9 Å². The molecule has 1 aliphatic rings. The quantitative estimate of drug-likeness (QED) is 0.942. The van der Waals surface area contributed by atoms with Gasteiger partial charge in [0.05, 0.1) is 20.4 Å². The van der Waals surface area contributed by atoms with Crippen molar-refractivity contribution in [2.75, 3.05) is 19.5 Å². The fraction of sp³-hybridized carbons (Fsp3) is 0.412. The second kappa shape index (κ2) is 5.95. The molecule has 1 aliphatic heterocycles. The Bertz CT molecular complexity index is 737. The standard InChI is InChI=1S/C17H21N3O3/c1-10(2)20-17-13(9-18-20)12(8-15(21)19-17)11-6-5-7-14(22-3)16(11)23-4/h5-7,9-10,12H,8H2,1-4H3,(H,19,21)/t12-/m1/s1. The molecular formula is C17H21N3O3. The third kappa shape index (κ3) is 2.54. The molecular weight excluding hydrogens is 294 g/mol. The van der Waals surface area contributed by atoms with Gasteiger partial charge < -0.3 is 14.8 Å². The number of amides is 1.